The van der Waals surface area contributed by atoms with E-state index in [0.717, 1.165) is 0 Å². The molecule has 23 heavy (non-hydrogen) atoms. The van der Waals surface area contributed by atoms with E-state index >= 15 is 0 Å². The Kier molecular flexibility index (Phi) is 4.89. The summed E-state index contributed by atoms with van der Waals surface area (Å²) in [7, 11) is 3.06. The molecule has 0 aliphatic heterocycles. The van der Waals surface area contributed by atoms with Gasteiger partial charge >= 0.3 is 0 Å². The van der Waals surface area contributed by atoms with Crippen molar-refractivity contribution in [2.45, 2.75) is 19.3 Å². The summed E-state index contributed by atoms with van der Waals surface area (Å²) in [5.41, 5.74) is -0.162. The first-order valence-electron chi connectivity index (χ1n) is 7.18. The Morgan fingerprint density at radius 2 is 1.61 bits per heavy atom. The molecule has 0 heterocycles. The van der Waals surface area contributed by atoms with E-state index in [-0.39, 0.29) is 5.91 Å². The average molecular weight is 317 g/mol. The van der Waals surface area contributed by atoms with Crippen LogP contribution in [-0.4, -0.2) is 20.1 Å². The molecular weight excluding hydrogens is 297 g/mol. The van der Waals surface area contributed by atoms with Crippen LogP contribution in [-0.2, 0) is 10.2 Å². The molecule has 0 spiro atoms. The van der Waals surface area contributed by atoms with Gasteiger partial charge in [0.1, 0.15) is 17.3 Å². The highest BCUT2D eigenvalue weighted by Gasteiger charge is 2.32. The van der Waals surface area contributed by atoms with Gasteiger partial charge in [0.2, 0.25) is 5.91 Å². The van der Waals surface area contributed by atoms with Crippen molar-refractivity contribution in [1.29, 1.82) is 0 Å². The third kappa shape index (κ3) is 3.62. The SMILES string of the molecule is COc1cc(NC(=O)C(C)(C)c2ccccc2F)cc(OC)c1. The highest BCUT2D eigenvalue weighted by molar-refractivity contribution is 5.98. The van der Waals surface area contributed by atoms with Crippen molar-refractivity contribution in [1.82, 2.24) is 0 Å². The summed E-state index contributed by atoms with van der Waals surface area (Å²) in [6.07, 6.45) is 0. The average Bonchev–Trinajstić information content (AvgIpc) is 2.54. The van der Waals surface area contributed by atoms with Crippen LogP contribution in [0.4, 0.5) is 10.1 Å². The third-order valence-electron chi connectivity index (χ3n) is 3.72. The van der Waals surface area contributed by atoms with E-state index in [0.29, 0.717) is 22.7 Å². The van der Waals surface area contributed by atoms with E-state index in [2.05, 4.69) is 5.32 Å². The van der Waals surface area contributed by atoms with E-state index in [1.807, 2.05) is 0 Å². The normalized spacial score (nSPS) is 11.0. The minimum absolute atomic E-state index is 0.321. The van der Waals surface area contributed by atoms with E-state index in [4.69, 9.17) is 9.47 Å². The molecule has 1 amide bonds. The second-order valence-electron chi connectivity index (χ2n) is 5.66. The Balaban J connectivity index is 2.29. The fourth-order valence-electron chi connectivity index (χ4n) is 2.26. The first-order valence-corrected chi connectivity index (χ1v) is 7.18. The molecule has 0 saturated carbocycles. The van der Waals surface area contributed by atoms with Crippen molar-refractivity contribution in [2.75, 3.05) is 19.5 Å². The topological polar surface area (TPSA) is 47.6 Å². The largest absolute Gasteiger partial charge is 0.497 e. The van der Waals surface area contributed by atoms with Gasteiger partial charge in [-0.2, -0.15) is 0 Å². The predicted octanol–water partition coefficient (Wildman–Crippen LogP) is 3.76. The zero-order valence-corrected chi connectivity index (χ0v) is 13.6. The number of benzene rings is 2. The van der Waals surface area contributed by atoms with Gasteiger partial charge in [0.05, 0.1) is 19.6 Å². The van der Waals surface area contributed by atoms with Gasteiger partial charge < -0.3 is 14.8 Å². The molecule has 122 valence electrons. The molecule has 0 aliphatic carbocycles. The van der Waals surface area contributed by atoms with Crippen molar-refractivity contribution in [3.8, 4) is 11.5 Å². The number of hydrogen-bond donors (Lipinski definition) is 1. The molecular formula is C18H20FNO3. The highest BCUT2D eigenvalue weighted by Crippen LogP contribution is 2.30. The van der Waals surface area contributed by atoms with Gasteiger partial charge in [-0.15, -0.1) is 0 Å². The summed E-state index contributed by atoms with van der Waals surface area (Å²) in [5, 5.41) is 2.79. The lowest BCUT2D eigenvalue weighted by Gasteiger charge is -2.25. The van der Waals surface area contributed by atoms with E-state index in [1.165, 1.54) is 20.3 Å². The predicted molar refractivity (Wildman–Crippen MR) is 87.6 cm³/mol. The minimum Gasteiger partial charge on any atom is -0.497 e. The maximum absolute atomic E-state index is 14.0. The molecule has 5 heteroatoms. The van der Waals surface area contributed by atoms with Gasteiger partial charge in [-0.3, -0.25) is 4.79 Å². The van der Waals surface area contributed by atoms with Gasteiger partial charge in [0, 0.05) is 29.4 Å². The quantitative estimate of drug-likeness (QED) is 0.913. The molecule has 0 fully saturated rings. The van der Waals surface area contributed by atoms with Crippen LogP contribution in [0, 0.1) is 5.82 Å². The van der Waals surface area contributed by atoms with Crippen LogP contribution in [0.15, 0.2) is 42.5 Å². The summed E-state index contributed by atoms with van der Waals surface area (Å²) in [4.78, 5) is 12.6. The minimum atomic E-state index is -1.03. The van der Waals surface area contributed by atoms with Crippen molar-refractivity contribution in [3.05, 3.63) is 53.8 Å². The van der Waals surface area contributed by atoms with Crippen LogP contribution in [0.3, 0.4) is 0 Å². The lowest BCUT2D eigenvalue weighted by molar-refractivity contribution is -0.120. The second-order valence-corrected chi connectivity index (χ2v) is 5.66. The van der Waals surface area contributed by atoms with Crippen molar-refractivity contribution in [3.63, 3.8) is 0 Å². The fraction of sp³-hybridized carbons (Fsp3) is 0.278. The molecule has 1 N–H and O–H groups in total. The lowest BCUT2D eigenvalue weighted by Crippen LogP contribution is -2.35. The zero-order chi connectivity index (χ0) is 17.0. The Hall–Kier alpha value is -2.56. The Labute approximate surface area is 135 Å². The van der Waals surface area contributed by atoms with E-state index < -0.39 is 11.2 Å². The summed E-state index contributed by atoms with van der Waals surface area (Å²) >= 11 is 0. The third-order valence-corrected chi connectivity index (χ3v) is 3.72. The first-order chi connectivity index (χ1) is 10.9. The van der Waals surface area contributed by atoms with Crippen LogP contribution in [0.5, 0.6) is 11.5 Å². The molecule has 2 aromatic rings. The zero-order valence-electron chi connectivity index (χ0n) is 13.6. The number of carbonyl (C=O) groups excluding carboxylic acids is 1. The number of ether oxygens (including phenoxy) is 2. The first kappa shape index (κ1) is 16.8. The summed E-state index contributed by atoms with van der Waals surface area (Å²) in [5.74, 6) is 0.389. The molecule has 2 rings (SSSR count). The van der Waals surface area contributed by atoms with E-state index in [1.54, 1.807) is 50.2 Å². The molecule has 0 aromatic heterocycles. The van der Waals surface area contributed by atoms with Crippen LogP contribution in [0.2, 0.25) is 0 Å². The van der Waals surface area contributed by atoms with Crippen LogP contribution >= 0.6 is 0 Å². The summed E-state index contributed by atoms with van der Waals surface area (Å²) in [6.45, 7) is 3.36. The molecule has 4 nitrogen and oxygen atoms in total. The molecule has 0 bridgehead atoms. The molecule has 0 unspecified atom stereocenters. The monoisotopic (exact) mass is 317 g/mol. The Morgan fingerprint density at radius 3 is 2.13 bits per heavy atom. The van der Waals surface area contributed by atoms with E-state index in [9.17, 15) is 9.18 Å². The highest BCUT2D eigenvalue weighted by atomic mass is 19.1. The van der Waals surface area contributed by atoms with Gasteiger partial charge in [-0.1, -0.05) is 18.2 Å². The molecule has 0 saturated heterocycles. The molecule has 2 aromatic carbocycles. The van der Waals surface area contributed by atoms with Gasteiger partial charge in [0.25, 0.3) is 0 Å². The standard InChI is InChI=1S/C18H20FNO3/c1-18(2,15-7-5-6-8-16(15)19)17(21)20-12-9-13(22-3)11-14(10-12)23-4/h5-11H,1-4H3,(H,20,21). The molecule has 0 atom stereocenters. The van der Waals surface area contributed by atoms with Gasteiger partial charge in [0.15, 0.2) is 0 Å². The summed E-state index contributed by atoms with van der Waals surface area (Å²) in [6, 6.07) is 11.3. The smallest absolute Gasteiger partial charge is 0.234 e. The van der Waals surface area contributed by atoms with Crippen LogP contribution < -0.4 is 14.8 Å². The van der Waals surface area contributed by atoms with Crippen molar-refractivity contribution < 1.29 is 18.7 Å². The maximum Gasteiger partial charge on any atom is 0.234 e. The number of methoxy groups -OCH3 is 2. The van der Waals surface area contributed by atoms with Gasteiger partial charge in [-0.25, -0.2) is 4.39 Å². The molecule has 0 aliphatic rings. The van der Waals surface area contributed by atoms with Gasteiger partial charge in [-0.05, 0) is 19.9 Å². The van der Waals surface area contributed by atoms with Crippen molar-refractivity contribution >= 4 is 11.6 Å². The Morgan fingerprint density at radius 1 is 1.04 bits per heavy atom. The van der Waals surface area contributed by atoms with Crippen LogP contribution in [0.25, 0.3) is 0 Å². The number of amides is 1. The number of hydrogen-bond acceptors (Lipinski definition) is 3. The van der Waals surface area contributed by atoms with Crippen molar-refractivity contribution in [2.24, 2.45) is 0 Å². The summed E-state index contributed by atoms with van der Waals surface area (Å²) < 4.78 is 24.4. The number of nitrogens with one attached hydrogen (secondary N) is 1. The molecule has 0 radical (unpaired) electrons. The fourth-order valence-corrected chi connectivity index (χ4v) is 2.26. The number of carbonyl (C=O) groups is 1. The number of anilines is 1. The lowest BCUT2D eigenvalue weighted by atomic mass is 9.83. The second kappa shape index (κ2) is 6.69. The number of rotatable bonds is 5. The van der Waals surface area contributed by atoms with Crippen LogP contribution in [0.1, 0.15) is 19.4 Å². The maximum atomic E-state index is 14.0. The number of halogens is 1. The Bertz CT molecular complexity index is 691.